The molecule has 24 heavy (non-hydrogen) atoms. The number of hydrogen-bond acceptors (Lipinski definition) is 5. The van der Waals surface area contributed by atoms with E-state index in [1.807, 2.05) is 43.3 Å². The number of para-hydroxylation sites is 2. The van der Waals surface area contributed by atoms with Crippen LogP contribution in [-0.2, 0) is 0 Å². The van der Waals surface area contributed by atoms with Crippen molar-refractivity contribution in [2.75, 3.05) is 19.1 Å². The van der Waals surface area contributed by atoms with Gasteiger partial charge < -0.3 is 9.64 Å². The predicted octanol–water partition coefficient (Wildman–Crippen LogP) is 5.12. The van der Waals surface area contributed by atoms with Crippen molar-refractivity contribution in [1.82, 2.24) is 4.98 Å². The van der Waals surface area contributed by atoms with Crippen molar-refractivity contribution < 1.29 is 9.53 Å². The van der Waals surface area contributed by atoms with Crippen LogP contribution in [0.4, 0.5) is 5.69 Å². The van der Waals surface area contributed by atoms with Gasteiger partial charge in [-0.1, -0.05) is 23.7 Å². The second-order valence-corrected chi connectivity index (χ2v) is 7.79. The van der Waals surface area contributed by atoms with Crippen LogP contribution in [0.1, 0.15) is 15.4 Å². The number of rotatable bonds is 4. The molecule has 0 bridgehead atoms. The summed E-state index contributed by atoms with van der Waals surface area (Å²) in [6.45, 7) is 1.85. The van der Waals surface area contributed by atoms with E-state index in [9.17, 15) is 4.79 Å². The first-order chi connectivity index (χ1) is 11.5. The van der Waals surface area contributed by atoms with Crippen molar-refractivity contribution in [3.05, 3.63) is 51.3 Å². The summed E-state index contributed by atoms with van der Waals surface area (Å²) < 4.78 is 6.05. The zero-order chi connectivity index (χ0) is 17.3. The van der Waals surface area contributed by atoms with Crippen molar-refractivity contribution in [1.29, 1.82) is 0 Å². The SMILES string of the molecule is COc1ccccc1N(C)C(=O)c1sc(-c2ccc(Cl)s2)nc1C. The minimum absolute atomic E-state index is 0.108. The average molecular weight is 379 g/mol. The van der Waals surface area contributed by atoms with Crippen LogP contribution >= 0.6 is 34.3 Å². The minimum Gasteiger partial charge on any atom is -0.495 e. The van der Waals surface area contributed by atoms with Crippen molar-refractivity contribution >= 4 is 45.9 Å². The highest BCUT2D eigenvalue weighted by Crippen LogP contribution is 2.36. The summed E-state index contributed by atoms with van der Waals surface area (Å²) in [6.07, 6.45) is 0. The molecular formula is C17H15ClN2O2S2. The summed E-state index contributed by atoms with van der Waals surface area (Å²) >= 11 is 8.82. The van der Waals surface area contributed by atoms with Gasteiger partial charge in [-0.25, -0.2) is 4.98 Å². The van der Waals surface area contributed by atoms with Crippen molar-refractivity contribution in [2.45, 2.75) is 6.92 Å². The van der Waals surface area contributed by atoms with Crippen LogP contribution in [0.25, 0.3) is 9.88 Å². The number of anilines is 1. The summed E-state index contributed by atoms with van der Waals surface area (Å²) in [5.41, 5.74) is 1.43. The zero-order valence-electron chi connectivity index (χ0n) is 13.4. The lowest BCUT2D eigenvalue weighted by Crippen LogP contribution is -2.26. The normalized spacial score (nSPS) is 10.7. The van der Waals surface area contributed by atoms with Gasteiger partial charge in [0.1, 0.15) is 15.6 Å². The van der Waals surface area contributed by atoms with Gasteiger partial charge in [0.05, 0.1) is 27.7 Å². The highest BCUT2D eigenvalue weighted by molar-refractivity contribution is 7.24. The Bertz CT molecular complexity index is 888. The fraction of sp³-hybridized carbons (Fsp3) is 0.176. The van der Waals surface area contributed by atoms with E-state index < -0.39 is 0 Å². The minimum atomic E-state index is -0.108. The van der Waals surface area contributed by atoms with E-state index in [0.29, 0.717) is 20.7 Å². The van der Waals surface area contributed by atoms with Gasteiger partial charge in [0.25, 0.3) is 5.91 Å². The first-order valence-corrected chi connectivity index (χ1v) is 9.16. The lowest BCUT2D eigenvalue weighted by atomic mass is 10.2. The van der Waals surface area contributed by atoms with Crippen LogP contribution in [0.15, 0.2) is 36.4 Å². The van der Waals surface area contributed by atoms with Crippen LogP contribution in [-0.4, -0.2) is 25.0 Å². The Hall–Kier alpha value is -1.89. The summed E-state index contributed by atoms with van der Waals surface area (Å²) in [6, 6.07) is 11.2. The first kappa shape index (κ1) is 17.0. The summed E-state index contributed by atoms with van der Waals surface area (Å²) in [5.74, 6) is 0.546. The molecule has 0 atom stereocenters. The number of methoxy groups -OCH3 is 1. The maximum Gasteiger partial charge on any atom is 0.270 e. The molecule has 0 aliphatic carbocycles. The Morgan fingerprint density at radius 2 is 1.96 bits per heavy atom. The van der Waals surface area contributed by atoms with Gasteiger partial charge in [0.2, 0.25) is 0 Å². The smallest absolute Gasteiger partial charge is 0.270 e. The van der Waals surface area contributed by atoms with Gasteiger partial charge in [0, 0.05) is 7.05 Å². The van der Waals surface area contributed by atoms with Crippen molar-refractivity contribution in [3.63, 3.8) is 0 Å². The molecule has 0 aliphatic rings. The number of halogens is 1. The van der Waals surface area contributed by atoms with Gasteiger partial charge in [-0.2, -0.15) is 0 Å². The molecule has 0 aliphatic heterocycles. The number of thiazole rings is 1. The fourth-order valence-electron chi connectivity index (χ4n) is 2.30. The van der Waals surface area contributed by atoms with Crippen molar-refractivity contribution in [3.8, 4) is 15.6 Å². The molecule has 0 saturated carbocycles. The molecule has 0 unspecified atom stereocenters. The average Bonchev–Trinajstić information content (AvgIpc) is 3.19. The number of hydrogen-bond donors (Lipinski definition) is 0. The Balaban J connectivity index is 1.94. The maximum absolute atomic E-state index is 12.9. The Morgan fingerprint density at radius 1 is 1.21 bits per heavy atom. The Labute approximate surface area is 153 Å². The summed E-state index contributed by atoms with van der Waals surface area (Å²) in [7, 11) is 3.33. The quantitative estimate of drug-likeness (QED) is 0.632. The lowest BCUT2D eigenvalue weighted by Gasteiger charge is -2.19. The molecule has 0 spiro atoms. The highest BCUT2D eigenvalue weighted by Gasteiger charge is 2.22. The van der Waals surface area contributed by atoms with Crippen LogP contribution in [0.3, 0.4) is 0 Å². The van der Waals surface area contributed by atoms with E-state index in [-0.39, 0.29) is 5.91 Å². The van der Waals surface area contributed by atoms with E-state index in [1.54, 1.807) is 19.1 Å². The monoisotopic (exact) mass is 378 g/mol. The third kappa shape index (κ3) is 3.17. The summed E-state index contributed by atoms with van der Waals surface area (Å²) in [4.78, 5) is 20.6. The molecule has 0 fully saturated rings. The number of carbonyl (C=O) groups is 1. The third-order valence-electron chi connectivity index (χ3n) is 3.53. The Kier molecular flexibility index (Phi) is 4.89. The molecule has 3 rings (SSSR count). The second kappa shape index (κ2) is 6.93. The number of thiophene rings is 1. The third-order valence-corrected chi connectivity index (χ3v) is 6.07. The second-order valence-electron chi connectivity index (χ2n) is 5.07. The predicted molar refractivity (Wildman–Crippen MR) is 101 cm³/mol. The topological polar surface area (TPSA) is 42.4 Å². The standard InChI is InChI=1S/C17H15ClN2O2S2/c1-10-15(24-16(19-10)13-8-9-14(18)23-13)17(21)20(2)11-6-4-5-7-12(11)22-3/h4-9H,1-3H3. The first-order valence-electron chi connectivity index (χ1n) is 7.15. The molecule has 2 heterocycles. The fourth-order valence-corrected chi connectivity index (χ4v) is 4.44. The number of aromatic nitrogens is 1. The van der Waals surface area contributed by atoms with Crippen molar-refractivity contribution in [2.24, 2.45) is 0 Å². The Morgan fingerprint density at radius 3 is 2.62 bits per heavy atom. The van der Waals surface area contributed by atoms with Crippen LogP contribution in [0.5, 0.6) is 5.75 Å². The van der Waals surface area contributed by atoms with E-state index >= 15 is 0 Å². The van der Waals surface area contributed by atoms with Gasteiger partial charge >= 0.3 is 0 Å². The van der Waals surface area contributed by atoms with E-state index in [4.69, 9.17) is 16.3 Å². The van der Waals surface area contributed by atoms with E-state index in [1.165, 1.54) is 22.7 Å². The van der Waals surface area contributed by atoms with E-state index in [0.717, 1.165) is 15.6 Å². The molecule has 7 heteroatoms. The number of amides is 1. The van der Waals surface area contributed by atoms with Gasteiger partial charge in [-0.05, 0) is 31.2 Å². The number of aryl methyl sites for hydroxylation is 1. The van der Waals surface area contributed by atoms with Gasteiger partial charge in [-0.15, -0.1) is 22.7 Å². The number of ether oxygens (including phenoxy) is 1. The molecule has 3 aromatic rings. The molecule has 0 radical (unpaired) electrons. The number of carbonyl (C=O) groups excluding carboxylic acids is 1. The summed E-state index contributed by atoms with van der Waals surface area (Å²) in [5, 5.41) is 0.807. The number of benzene rings is 1. The molecule has 124 valence electrons. The molecule has 1 aromatic carbocycles. The van der Waals surface area contributed by atoms with Crippen LogP contribution in [0, 0.1) is 6.92 Å². The van der Waals surface area contributed by atoms with Gasteiger partial charge in [-0.3, -0.25) is 4.79 Å². The lowest BCUT2D eigenvalue weighted by molar-refractivity contribution is 0.0995. The maximum atomic E-state index is 12.9. The zero-order valence-corrected chi connectivity index (χ0v) is 15.8. The van der Waals surface area contributed by atoms with Crippen LogP contribution < -0.4 is 9.64 Å². The largest absolute Gasteiger partial charge is 0.495 e. The highest BCUT2D eigenvalue weighted by atomic mass is 35.5. The molecule has 4 nitrogen and oxygen atoms in total. The molecule has 1 amide bonds. The van der Waals surface area contributed by atoms with Crippen LogP contribution in [0.2, 0.25) is 4.34 Å². The molecular weight excluding hydrogens is 364 g/mol. The molecule has 0 saturated heterocycles. The number of nitrogens with zero attached hydrogens (tertiary/aromatic N) is 2. The molecule has 0 N–H and O–H groups in total. The van der Waals surface area contributed by atoms with E-state index in [2.05, 4.69) is 4.98 Å². The van der Waals surface area contributed by atoms with Gasteiger partial charge in [0.15, 0.2) is 0 Å². The molecule has 2 aromatic heterocycles.